The number of hydrogen-bond donors (Lipinski definition) is 2. The van der Waals surface area contributed by atoms with Gasteiger partial charge in [0.25, 0.3) is 5.91 Å². The summed E-state index contributed by atoms with van der Waals surface area (Å²) < 4.78 is 26.8. The second kappa shape index (κ2) is 8.87. The Morgan fingerprint density at radius 2 is 1.77 bits per heavy atom. The third kappa shape index (κ3) is 6.13. The van der Waals surface area contributed by atoms with Crippen LogP contribution in [-0.4, -0.2) is 53.0 Å². The number of nitrogens with one attached hydrogen (secondary N) is 2. The molecule has 0 unspecified atom stereocenters. The van der Waals surface area contributed by atoms with E-state index >= 15 is 0 Å². The maximum atomic E-state index is 12.1. The van der Waals surface area contributed by atoms with E-state index in [4.69, 9.17) is 0 Å². The molecule has 0 heterocycles. The molecular formula is C15H25N3O3S. The number of hydrogen-bond acceptors (Lipinski definition) is 4. The first-order valence-corrected chi connectivity index (χ1v) is 8.88. The molecule has 0 aliphatic rings. The molecule has 0 bridgehead atoms. The van der Waals surface area contributed by atoms with Crippen LogP contribution < -0.4 is 10.0 Å². The van der Waals surface area contributed by atoms with Crippen LogP contribution in [-0.2, 0) is 10.0 Å². The van der Waals surface area contributed by atoms with E-state index in [2.05, 4.69) is 10.0 Å². The quantitative estimate of drug-likeness (QED) is 0.665. The highest BCUT2D eigenvalue weighted by Gasteiger charge is 2.14. The molecule has 0 saturated heterocycles. The van der Waals surface area contributed by atoms with Crippen molar-refractivity contribution < 1.29 is 13.2 Å². The summed E-state index contributed by atoms with van der Waals surface area (Å²) in [6, 6.07) is 5.96. The van der Waals surface area contributed by atoms with E-state index in [0.717, 1.165) is 19.4 Å². The minimum absolute atomic E-state index is 0.171. The van der Waals surface area contributed by atoms with Gasteiger partial charge in [-0.2, -0.15) is 0 Å². The number of sulfonamides is 1. The van der Waals surface area contributed by atoms with Crippen LogP contribution in [0.1, 0.15) is 30.1 Å². The maximum Gasteiger partial charge on any atom is 0.251 e. The summed E-state index contributed by atoms with van der Waals surface area (Å²) in [5, 5.41) is 2.75. The standard InChI is InChI=1S/C15H25N3O3S/c1-4-10-16-15(19)13-6-8-14(9-7-13)22(20,21)17-11-5-12-18(2)3/h6-9,17H,4-5,10-12H2,1-3H3,(H,16,19). The molecule has 1 rings (SSSR count). The molecule has 7 heteroatoms. The Labute approximate surface area is 132 Å². The van der Waals surface area contributed by atoms with Gasteiger partial charge in [-0.15, -0.1) is 0 Å². The highest BCUT2D eigenvalue weighted by Crippen LogP contribution is 2.10. The second-order valence-corrected chi connectivity index (χ2v) is 7.10. The van der Waals surface area contributed by atoms with Crippen LogP contribution in [0.3, 0.4) is 0 Å². The first-order valence-electron chi connectivity index (χ1n) is 7.39. The molecule has 2 N–H and O–H groups in total. The van der Waals surface area contributed by atoms with Crippen molar-refractivity contribution in [3.8, 4) is 0 Å². The molecule has 1 amide bonds. The van der Waals surface area contributed by atoms with E-state index < -0.39 is 10.0 Å². The summed E-state index contributed by atoms with van der Waals surface area (Å²) in [6.07, 6.45) is 1.60. The first-order chi connectivity index (χ1) is 10.4. The van der Waals surface area contributed by atoms with Gasteiger partial charge in [0.15, 0.2) is 0 Å². The summed E-state index contributed by atoms with van der Waals surface area (Å²) >= 11 is 0. The molecule has 1 aromatic carbocycles. The lowest BCUT2D eigenvalue weighted by atomic mass is 10.2. The second-order valence-electron chi connectivity index (χ2n) is 5.33. The van der Waals surface area contributed by atoms with Crippen molar-refractivity contribution in [1.29, 1.82) is 0 Å². The smallest absolute Gasteiger partial charge is 0.251 e. The normalized spacial score (nSPS) is 11.6. The molecule has 0 aliphatic heterocycles. The Kier molecular flexibility index (Phi) is 7.50. The van der Waals surface area contributed by atoms with Crippen molar-refractivity contribution in [3.63, 3.8) is 0 Å². The number of amides is 1. The lowest BCUT2D eigenvalue weighted by molar-refractivity contribution is 0.0953. The topological polar surface area (TPSA) is 78.5 Å². The van der Waals surface area contributed by atoms with Gasteiger partial charge >= 0.3 is 0 Å². The lowest BCUT2D eigenvalue weighted by Crippen LogP contribution is -2.27. The van der Waals surface area contributed by atoms with Gasteiger partial charge in [-0.1, -0.05) is 6.92 Å². The van der Waals surface area contributed by atoms with Gasteiger partial charge in [0.1, 0.15) is 0 Å². The summed E-state index contributed by atoms with van der Waals surface area (Å²) in [7, 11) is 0.365. The Hall–Kier alpha value is -1.44. The predicted molar refractivity (Wildman–Crippen MR) is 87.4 cm³/mol. The molecule has 0 aliphatic carbocycles. The largest absolute Gasteiger partial charge is 0.352 e. The molecule has 1 aromatic rings. The van der Waals surface area contributed by atoms with Crippen LogP contribution >= 0.6 is 0 Å². The number of benzene rings is 1. The van der Waals surface area contributed by atoms with Crippen LogP contribution in [0.5, 0.6) is 0 Å². The summed E-state index contributed by atoms with van der Waals surface area (Å²) in [5.74, 6) is -0.190. The van der Waals surface area contributed by atoms with Crippen LogP contribution in [0.25, 0.3) is 0 Å². The highest BCUT2D eigenvalue weighted by atomic mass is 32.2. The van der Waals surface area contributed by atoms with E-state index in [1.165, 1.54) is 24.3 Å². The molecule has 0 radical (unpaired) electrons. The minimum Gasteiger partial charge on any atom is -0.352 e. The van der Waals surface area contributed by atoms with E-state index in [1.807, 2.05) is 25.9 Å². The molecule has 6 nitrogen and oxygen atoms in total. The van der Waals surface area contributed by atoms with Gasteiger partial charge in [-0.05, 0) is 57.7 Å². The molecule has 0 saturated carbocycles. The molecule has 0 fully saturated rings. The van der Waals surface area contributed by atoms with E-state index in [-0.39, 0.29) is 10.8 Å². The Bertz CT molecular complexity index is 568. The number of carbonyl (C=O) groups excluding carboxylic acids is 1. The SMILES string of the molecule is CCCNC(=O)c1ccc(S(=O)(=O)NCCCN(C)C)cc1. The van der Waals surface area contributed by atoms with E-state index in [9.17, 15) is 13.2 Å². The Balaban J connectivity index is 2.62. The van der Waals surface area contributed by atoms with Gasteiger partial charge in [-0.3, -0.25) is 4.79 Å². The maximum absolute atomic E-state index is 12.1. The average Bonchev–Trinajstić information content (AvgIpc) is 2.49. The fourth-order valence-electron chi connectivity index (χ4n) is 1.81. The predicted octanol–water partition coefficient (Wildman–Crippen LogP) is 1.06. The molecular weight excluding hydrogens is 302 g/mol. The molecule has 0 aromatic heterocycles. The zero-order chi connectivity index (χ0) is 16.6. The van der Waals surface area contributed by atoms with Crippen LogP contribution in [0.2, 0.25) is 0 Å². The van der Waals surface area contributed by atoms with Crippen molar-refractivity contribution >= 4 is 15.9 Å². The number of nitrogens with zero attached hydrogens (tertiary/aromatic N) is 1. The van der Waals surface area contributed by atoms with Crippen molar-refractivity contribution in [2.45, 2.75) is 24.7 Å². The van der Waals surface area contributed by atoms with Crippen molar-refractivity contribution in [2.75, 3.05) is 33.7 Å². The fraction of sp³-hybridized carbons (Fsp3) is 0.533. The van der Waals surface area contributed by atoms with Gasteiger partial charge in [0, 0.05) is 18.7 Å². The third-order valence-electron chi connectivity index (χ3n) is 3.04. The van der Waals surface area contributed by atoms with Gasteiger partial charge in [-0.25, -0.2) is 13.1 Å². The number of carbonyl (C=O) groups is 1. The number of rotatable bonds is 9. The monoisotopic (exact) mass is 327 g/mol. The molecule has 0 spiro atoms. The third-order valence-corrected chi connectivity index (χ3v) is 4.51. The van der Waals surface area contributed by atoms with Gasteiger partial charge in [0.2, 0.25) is 10.0 Å². The van der Waals surface area contributed by atoms with Crippen molar-refractivity contribution in [3.05, 3.63) is 29.8 Å². The van der Waals surface area contributed by atoms with Gasteiger partial charge < -0.3 is 10.2 Å². The minimum atomic E-state index is -3.52. The van der Waals surface area contributed by atoms with E-state index in [1.54, 1.807) is 0 Å². The van der Waals surface area contributed by atoms with Crippen molar-refractivity contribution in [1.82, 2.24) is 14.9 Å². The zero-order valence-electron chi connectivity index (χ0n) is 13.4. The van der Waals surface area contributed by atoms with Gasteiger partial charge in [0.05, 0.1) is 4.90 Å². The van der Waals surface area contributed by atoms with E-state index in [0.29, 0.717) is 18.7 Å². The molecule has 124 valence electrons. The summed E-state index contributed by atoms with van der Waals surface area (Å²) in [5.41, 5.74) is 0.458. The average molecular weight is 327 g/mol. The summed E-state index contributed by atoms with van der Waals surface area (Å²) in [4.78, 5) is 13.9. The Morgan fingerprint density at radius 1 is 1.14 bits per heavy atom. The highest BCUT2D eigenvalue weighted by molar-refractivity contribution is 7.89. The summed E-state index contributed by atoms with van der Waals surface area (Å²) in [6.45, 7) is 3.78. The molecule has 0 atom stereocenters. The molecule has 22 heavy (non-hydrogen) atoms. The van der Waals surface area contributed by atoms with Crippen molar-refractivity contribution in [2.24, 2.45) is 0 Å². The lowest BCUT2D eigenvalue weighted by Gasteiger charge is -2.10. The fourth-order valence-corrected chi connectivity index (χ4v) is 2.89. The first kappa shape index (κ1) is 18.6. The van der Waals surface area contributed by atoms with Crippen LogP contribution in [0, 0.1) is 0 Å². The van der Waals surface area contributed by atoms with Crippen LogP contribution in [0.15, 0.2) is 29.2 Å². The zero-order valence-corrected chi connectivity index (χ0v) is 14.2. The Morgan fingerprint density at radius 3 is 2.32 bits per heavy atom. The van der Waals surface area contributed by atoms with Crippen LogP contribution in [0.4, 0.5) is 0 Å².